The van der Waals surface area contributed by atoms with Gasteiger partial charge in [0, 0.05) is 25.3 Å². The van der Waals surface area contributed by atoms with Gasteiger partial charge in [-0.15, -0.1) is 0 Å². The van der Waals surface area contributed by atoms with Crippen LogP contribution in [0.2, 0.25) is 0 Å². The Morgan fingerprint density at radius 3 is 2.68 bits per heavy atom. The van der Waals surface area contributed by atoms with E-state index in [9.17, 15) is 4.79 Å². The van der Waals surface area contributed by atoms with Gasteiger partial charge in [-0.1, -0.05) is 24.3 Å². The monoisotopic (exact) mass is 337 g/mol. The van der Waals surface area contributed by atoms with E-state index >= 15 is 0 Å². The van der Waals surface area contributed by atoms with Crippen LogP contribution < -0.4 is 5.32 Å². The Morgan fingerprint density at radius 2 is 1.92 bits per heavy atom. The smallest absolute Gasteiger partial charge is 0.255 e. The van der Waals surface area contributed by atoms with Crippen LogP contribution >= 0.6 is 0 Å². The lowest BCUT2D eigenvalue weighted by molar-refractivity contribution is 0.0302. The summed E-state index contributed by atoms with van der Waals surface area (Å²) in [6.07, 6.45) is 4.90. The number of pyridine rings is 1. The van der Waals surface area contributed by atoms with Gasteiger partial charge in [-0.25, -0.2) is 4.98 Å². The summed E-state index contributed by atoms with van der Waals surface area (Å²) in [5, 5.41) is 3.51. The summed E-state index contributed by atoms with van der Waals surface area (Å²) < 4.78 is 5.29. The number of morpholine rings is 1. The predicted octanol–water partition coefficient (Wildman–Crippen LogP) is 2.52. The molecule has 1 saturated heterocycles. The molecule has 0 radical (unpaired) electrons. The maximum absolute atomic E-state index is 12.4. The van der Waals surface area contributed by atoms with Crippen molar-refractivity contribution in [1.29, 1.82) is 0 Å². The van der Waals surface area contributed by atoms with Gasteiger partial charge >= 0.3 is 0 Å². The fourth-order valence-electron chi connectivity index (χ4n) is 3.58. The number of aryl methyl sites for hydroxylation is 1. The summed E-state index contributed by atoms with van der Waals surface area (Å²) in [5.41, 5.74) is 3.52. The molecule has 1 atom stereocenters. The van der Waals surface area contributed by atoms with Crippen LogP contribution in [0.3, 0.4) is 0 Å². The number of nitrogens with one attached hydrogen (secondary N) is 1. The van der Waals surface area contributed by atoms with E-state index < -0.39 is 0 Å². The van der Waals surface area contributed by atoms with E-state index in [1.807, 2.05) is 17.0 Å². The molecule has 1 aliphatic heterocycles. The van der Waals surface area contributed by atoms with Gasteiger partial charge < -0.3 is 15.0 Å². The second-order valence-corrected chi connectivity index (χ2v) is 6.69. The van der Waals surface area contributed by atoms with Gasteiger partial charge in [-0.05, 0) is 42.5 Å². The Labute approximate surface area is 148 Å². The Kier molecular flexibility index (Phi) is 4.65. The van der Waals surface area contributed by atoms with E-state index in [0.717, 1.165) is 25.1 Å². The standard InChI is InChI=1S/C20H23N3O2/c24-20(23-9-11-25-12-10-23)17-6-8-19(21-14-17)22-18-7-5-15-3-1-2-4-16(15)13-18/h1-4,6,8,14,18H,5,7,9-13H2,(H,21,22). The molecule has 1 aromatic carbocycles. The van der Waals surface area contributed by atoms with Crippen LogP contribution in [-0.2, 0) is 17.6 Å². The third kappa shape index (κ3) is 3.66. The van der Waals surface area contributed by atoms with Gasteiger partial charge in [0.15, 0.2) is 0 Å². The third-order valence-corrected chi connectivity index (χ3v) is 5.01. The van der Waals surface area contributed by atoms with Crippen molar-refractivity contribution in [2.24, 2.45) is 0 Å². The lowest BCUT2D eigenvalue weighted by Gasteiger charge is -2.27. The number of hydrogen-bond acceptors (Lipinski definition) is 4. The zero-order valence-electron chi connectivity index (χ0n) is 14.3. The maximum atomic E-state index is 12.4. The minimum Gasteiger partial charge on any atom is -0.378 e. The van der Waals surface area contributed by atoms with Crippen LogP contribution in [0.1, 0.15) is 27.9 Å². The van der Waals surface area contributed by atoms with Crippen molar-refractivity contribution in [3.8, 4) is 0 Å². The molecule has 1 aromatic heterocycles. The average Bonchev–Trinajstić information content (AvgIpc) is 2.69. The van der Waals surface area contributed by atoms with E-state index in [-0.39, 0.29) is 5.91 Å². The molecule has 4 rings (SSSR count). The zero-order chi connectivity index (χ0) is 17.1. The largest absolute Gasteiger partial charge is 0.378 e. The molecule has 1 amide bonds. The molecule has 1 aliphatic carbocycles. The van der Waals surface area contributed by atoms with Crippen molar-refractivity contribution in [1.82, 2.24) is 9.88 Å². The predicted molar refractivity (Wildman–Crippen MR) is 96.8 cm³/mol. The van der Waals surface area contributed by atoms with Crippen molar-refractivity contribution in [2.45, 2.75) is 25.3 Å². The van der Waals surface area contributed by atoms with Crippen LogP contribution in [-0.4, -0.2) is 48.1 Å². The van der Waals surface area contributed by atoms with Crippen LogP contribution in [0.25, 0.3) is 0 Å². The number of nitrogens with zero attached hydrogens (tertiary/aromatic N) is 2. The number of amides is 1. The number of hydrogen-bond donors (Lipinski definition) is 1. The summed E-state index contributed by atoms with van der Waals surface area (Å²) in [6.45, 7) is 2.53. The van der Waals surface area contributed by atoms with E-state index in [2.05, 4.69) is 34.6 Å². The second-order valence-electron chi connectivity index (χ2n) is 6.69. The lowest BCUT2D eigenvalue weighted by Crippen LogP contribution is -2.40. The quantitative estimate of drug-likeness (QED) is 0.935. The van der Waals surface area contributed by atoms with Crippen molar-refractivity contribution < 1.29 is 9.53 Å². The molecule has 130 valence electrons. The molecular weight excluding hydrogens is 314 g/mol. The molecule has 1 unspecified atom stereocenters. The van der Waals surface area contributed by atoms with Gasteiger partial charge in [0.2, 0.25) is 0 Å². The summed E-state index contributed by atoms with van der Waals surface area (Å²) >= 11 is 0. The number of ether oxygens (including phenoxy) is 1. The van der Waals surface area contributed by atoms with Gasteiger partial charge in [-0.2, -0.15) is 0 Å². The Hall–Kier alpha value is -2.40. The number of carbonyl (C=O) groups excluding carboxylic acids is 1. The van der Waals surface area contributed by atoms with Crippen LogP contribution in [0, 0.1) is 0 Å². The van der Waals surface area contributed by atoms with Crippen LogP contribution in [0.15, 0.2) is 42.6 Å². The first-order chi connectivity index (χ1) is 12.3. The first-order valence-corrected chi connectivity index (χ1v) is 8.96. The minimum absolute atomic E-state index is 0.0361. The van der Waals surface area contributed by atoms with E-state index in [4.69, 9.17) is 4.74 Å². The fourth-order valence-corrected chi connectivity index (χ4v) is 3.58. The number of benzene rings is 1. The molecule has 5 nitrogen and oxygen atoms in total. The molecule has 0 spiro atoms. The molecule has 1 fully saturated rings. The maximum Gasteiger partial charge on any atom is 0.255 e. The van der Waals surface area contributed by atoms with E-state index in [1.165, 1.54) is 11.1 Å². The topological polar surface area (TPSA) is 54.5 Å². The molecule has 2 aliphatic rings. The number of fused-ring (bicyclic) bond motifs is 1. The molecule has 2 heterocycles. The van der Waals surface area contributed by atoms with Crippen molar-refractivity contribution in [3.05, 3.63) is 59.3 Å². The Morgan fingerprint density at radius 1 is 1.12 bits per heavy atom. The third-order valence-electron chi connectivity index (χ3n) is 5.01. The summed E-state index contributed by atoms with van der Waals surface area (Å²) in [7, 11) is 0. The zero-order valence-corrected chi connectivity index (χ0v) is 14.3. The molecule has 25 heavy (non-hydrogen) atoms. The molecule has 5 heteroatoms. The summed E-state index contributed by atoms with van der Waals surface area (Å²) in [6, 6.07) is 12.8. The van der Waals surface area contributed by atoms with Gasteiger partial charge in [0.1, 0.15) is 5.82 Å². The molecule has 0 bridgehead atoms. The Balaban J connectivity index is 1.38. The first-order valence-electron chi connectivity index (χ1n) is 8.96. The van der Waals surface area contributed by atoms with Crippen LogP contribution in [0.4, 0.5) is 5.82 Å². The van der Waals surface area contributed by atoms with Crippen molar-refractivity contribution in [2.75, 3.05) is 31.6 Å². The SMILES string of the molecule is O=C(c1ccc(NC2CCc3ccccc3C2)nc1)N1CCOCC1. The second kappa shape index (κ2) is 7.23. The summed E-state index contributed by atoms with van der Waals surface area (Å²) in [4.78, 5) is 18.7. The van der Waals surface area contributed by atoms with Gasteiger partial charge in [-0.3, -0.25) is 4.79 Å². The molecule has 1 N–H and O–H groups in total. The van der Waals surface area contributed by atoms with Crippen molar-refractivity contribution >= 4 is 11.7 Å². The lowest BCUT2D eigenvalue weighted by atomic mass is 9.88. The minimum atomic E-state index is 0.0361. The number of carbonyl (C=O) groups is 1. The highest BCUT2D eigenvalue weighted by molar-refractivity contribution is 5.94. The number of aromatic nitrogens is 1. The fraction of sp³-hybridized carbons (Fsp3) is 0.400. The van der Waals surface area contributed by atoms with Crippen LogP contribution in [0.5, 0.6) is 0 Å². The number of rotatable bonds is 3. The van der Waals surface area contributed by atoms with Gasteiger partial charge in [0.05, 0.1) is 18.8 Å². The number of anilines is 1. The summed E-state index contributed by atoms with van der Waals surface area (Å²) in [5.74, 6) is 0.872. The highest BCUT2D eigenvalue weighted by Crippen LogP contribution is 2.23. The highest BCUT2D eigenvalue weighted by atomic mass is 16.5. The first kappa shape index (κ1) is 16.1. The van der Waals surface area contributed by atoms with Crippen molar-refractivity contribution in [3.63, 3.8) is 0 Å². The molecule has 2 aromatic rings. The van der Waals surface area contributed by atoms with E-state index in [1.54, 1.807) is 6.20 Å². The highest BCUT2D eigenvalue weighted by Gasteiger charge is 2.20. The van der Waals surface area contributed by atoms with Gasteiger partial charge in [0.25, 0.3) is 5.91 Å². The molecular formula is C20H23N3O2. The molecule has 0 saturated carbocycles. The van der Waals surface area contributed by atoms with E-state index in [0.29, 0.717) is 37.9 Å². The average molecular weight is 337 g/mol. The normalized spacial score (nSPS) is 20.0. The Bertz CT molecular complexity index is 739.